The molecule has 0 bridgehead atoms. The highest BCUT2D eigenvalue weighted by Gasteiger charge is 1.97. The third kappa shape index (κ3) is 6.66. The summed E-state index contributed by atoms with van der Waals surface area (Å²) in [5.41, 5.74) is 4.43. The molecule has 0 heteroatoms. The first-order chi connectivity index (χ1) is 7.77. The summed E-state index contributed by atoms with van der Waals surface area (Å²) in [5.74, 6) is 0. The molecule has 0 saturated carbocycles. The third-order valence-corrected chi connectivity index (χ3v) is 2.34. The van der Waals surface area contributed by atoms with Gasteiger partial charge in [-0.05, 0) is 36.5 Å². The lowest BCUT2D eigenvalue weighted by Gasteiger charge is -2.06. The van der Waals surface area contributed by atoms with Crippen LogP contribution in [0.15, 0.2) is 18.2 Å². The molecule has 0 atom stereocenters. The van der Waals surface area contributed by atoms with Gasteiger partial charge in [-0.25, -0.2) is 0 Å². The lowest BCUT2D eigenvalue weighted by molar-refractivity contribution is 0.908. The van der Waals surface area contributed by atoms with E-state index in [0.29, 0.717) is 0 Å². The maximum Gasteiger partial charge on any atom is -0.0279 e. The van der Waals surface area contributed by atoms with Gasteiger partial charge in [0, 0.05) is 0 Å². The summed E-state index contributed by atoms with van der Waals surface area (Å²) >= 11 is 0. The zero-order valence-corrected chi connectivity index (χ0v) is 12.4. The Balaban J connectivity index is 0. The summed E-state index contributed by atoms with van der Waals surface area (Å²) in [4.78, 5) is 0. The highest BCUT2D eigenvalue weighted by atomic mass is 14.0. The average molecular weight is 222 g/mol. The van der Waals surface area contributed by atoms with Gasteiger partial charge in [0.1, 0.15) is 0 Å². The topological polar surface area (TPSA) is 0 Å². The minimum atomic E-state index is 1.15. The van der Waals surface area contributed by atoms with Crippen molar-refractivity contribution in [2.24, 2.45) is 0 Å². The van der Waals surface area contributed by atoms with Crippen molar-refractivity contribution in [2.45, 2.75) is 67.7 Å². The Morgan fingerprint density at radius 3 is 1.94 bits per heavy atom. The van der Waals surface area contributed by atoms with Gasteiger partial charge in [-0.15, -0.1) is 0 Å². The monoisotopic (exact) mass is 222 g/mol. The van der Waals surface area contributed by atoms with E-state index in [2.05, 4.69) is 39.0 Å². The molecule has 16 heavy (non-hydrogen) atoms. The number of hydrogen-bond donors (Lipinski definition) is 0. The van der Waals surface area contributed by atoms with Gasteiger partial charge in [-0.1, -0.05) is 66.2 Å². The number of aryl methyl sites for hydroxylation is 3. The summed E-state index contributed by atoms with van der Waals surface area (Å²) in [6, 6.07) is 6.82. The molecule has 0 nitrogen and oxygen atoms in total. The van der Waals surface area contributed by atoms with E-state index in [0.717, 1.165) is 6.42 Å². The van der Waals surface area contributed by atoms with E-state index in [1.54, 1.807) is 0 Å². The zero-order chi connectivity index (χ0) is 13.0. The number of benzene rings is 1. The van der Waals surface area contributed by atoms with Gasteiger partial charge in [-0.2, -0.15) is 0 Å². The van der Waals surface area contributed by atoms with E-state index < -0.39 is 0 Å². The average Bonchev–Trinajstić information content (AvgIpc) is 2.37. The van der Waals surface area contributed by atoms with Crippen LogP contribution in [0.25, 0.3) is 0 Å². The van der Waals surface area contributed by atoms with Crippen molar-refractivity contribution in [1.29, 1.82) is 0 Å². The van der Waals surface area contributed by atoms with Crippen molar-refractivity contribution < 1.29 is 0 Å². The summed E-state index contributed by atoms with van der Waals surface area (Å²) in [6.07, 6.45) is 3.62. The largest absolute Gasteiger partial charge is 0.0683 e. The first kappa shape index (κ1) is 17.6. The fourth-order valence-corrected chi connectivity index (χ4v) is 1.48. The van der Waals surface area contributed by atoms with Crippen molar-refractivity contribution in [3.05, 3.63) is 34.9 Å². The first-order valence-electron chi connectivity index (χ1n) is 6.86. The minimum absolute atomic E-state index is 1.15. The van der Waals surface area contributed by atoms with Gasteiger partial charge >= 0.3 is 0 Å². The van der Waals surface area contributed by atoms with Crippen molar-refractivity contribution in [1.82, 2.24) is 0 Å². The highest BCUT2D eigenvalue weighted by molar-refractivity contribution is 5.31. The molecule has 0 unspecified atom stereocenters. The second-order valence-corrected chi connectivity index (χ2v) is 3.36. The van der Waals surface area contributed by atoms with Crippen molar-refractivity contribution in [3.8, 4) is 0 Å². The molecule has 0 aliphatic heterocycles. The quantitative estimate of drug-likeness (QED) is 0.628. The Labute approximate surface area is 103 Å². The highest BCUT2D eigenvalue weighted by Crippen LogP contribution is 2.13. The van der Waals surface area contributed by atoms with Crippen LogP contribution in [0.1, 0.15) is 64.7 Å². The normalized spacial score (nSPS) is 8.44. The van der Waals surface area contributed by atoms with E-state index in [1.807, 2.05) is 27.7 Å². The van der Waals surface area contributed by atoms with Crippen LogP contribution < -0.4 is 0 Å². The molecule has 0 fully saturated rings. The summed E-state index contributed by atoms with van der Waals surface area (Å²) < 4.78 is 0. The molecule has 0 aliphatic carbocycles. The Bertz CT molecular complexity index is 248. The summed E-state index contributed by atoms with van der Waals surface area (Å²) in [5, 5.41) is 0. The van der Waals surface area contributed by atoms with E-state index in [4.69, 9.17) is 0 Å². The van der Waals surface area contributed by atoms with Gasteiger partial charge in [-0.3, -0.25) is 0 Å². The van der Waals surface area contributed by atoms with Crippen LogP contribution in [-0.2, 0) is 12.8 Å². The second kappa shape index (κ2) is 12.3. The van der Waals surface area contributed by atoms with Crippen LogP contribution in [0, 0.1) is 6.92 Å². The SMILES string of the molecule is CC.CC.CCCc1cc(CC)ccc1C. The van der Waals surface area contributed by atoms with E-state index in [1.165, 1.54) is 29.5 Å². The summed E-state index contributed by atoms with van der Waals surface area (Å²) in [6.45, 7) is 14.6. The molecule has 0 radical (unpaired) electrons. The van der Waals surface area contributed by atoms with Gasteiger partial charge < -0.3 is 0 Å². The molecule has 0 heterocycles. The van der Waals surface area contributed by atoms with Crippen molar-refractivity contribution >= 4 is 0 Å². The molecule has 0 saturated heterocycles. The molecule has 0 N–H and O–H groups in total. The van der Waals surface area contributed by atoms with Crippen LogP contribution in [0.4, 0.5) is 0 Å². The molecular formula is C16H30. The van der Waals surface area contributed by atoms with Gasteiger partial charge in [0.05, 0.1) is 0 Å². The van der Waals surface area contributed by atoms with Gasteiger partial charge in [0.15, 0.2) is 0 Å². The van der Waals surface area contributed by atoms with Gasteiger partial charge in [0.2, 0.25) is 0 Å². The van der Waals surface area contributed by atoms with Crippen molar-refractivity contribution in [2.75, 3.05) is 0 Å². The smallest absolute Gasteiger partial charge is 0.0279 e. The van der Waals surface area contributed by atoms with Crippen LogP contribution in [0.2, 0.25) is 0 Å². The lowest BCUT2D eigenvalue weighted by atomic mass is 10.0. The fraction of sp³-hybridized carbons (Fsp3) is 0.625. The minimum Gasteiger partial charge on any atom is -0.0683 e. The standard InChI is InChI=1S/C12H18.2C2H6/c1-4-6-12-9-11(5-2)8-7-10(12)3;2*1-2/h7-9H,4-6H2,1-3H3;2*1-2H3. The Morgan fingerprint density at radius 1 is 0.938 bits per heavy atom. The molecule has 0 amide bonds. The van der Waals surface area contributed by atoms with E-state index in [-0.39, 0.29) is 0 Å². The zero-order valence-electron chi connectivity index (χ0n) is 12.4. The first-order valence-corrected chi connectivity index (χ1v) is 6.86. The van der Waals surface area contributed by atoms with E-state index >= 15 is 0 Å². The lowest BCUT2D eigenvalue weighted by Crippen LogP contribution is -1.90. The molecule has 0 aliphatic rings. The maximum absolute atomic E-state index is 2.35. The Morgan fingerprint density at radius 2 is 1.50 bits per heavy atom. The molecule has 0 spiro atoms. The molecule has 94 valence electrons. The van der Waals surface area contributed by atoms with Crippen molar-refractivity contribution in [3.63, 3.8) is 0 Å². The third-order valence-electron chi connectivity index (χ3n) is 2.34. The Hall–Kier alpha value is -0.780. The predicted molar refractivity (Wildman–Crippen MR) is 77.2 cm³/mol. The van der Waals surface area contributed by atoms with Crippen LogP contribution in [0.5, 0.6) is 0 Å². The number of hydrogen-bond acceptors (Lipinski definition) is 0. The van der Waals surface area contributed by atoms with E-state index in [9.17, 15) is 0 Å². The Kier molecular flexibility index (Phi) is 13.5. The predicted octanol–water partition coefficient (Wildman–Crippen LogP) is 5.56. The molecule has 1 aromatic carbocycles. The maximum atomic E-state index is 2.35. The van der Waals surface area contributed by atoms with Gasteiger partial charge in [0.25, 0.3) is 0 Å². The molecular weight excluding hydrogens is 192 g/mol. The van der Waals surface area contributed by atoms with Crippen LogP contribution >= 0.6 is 0 Å². The van der Waals surface area contributed by atoms with Crippen LogP contribution in [0.3, 0.4) is 0 Å². The second-order valence-electron chi connectivity index (χ2n) is 3.36. The molecule has 1 rings (SSSR count). The summed E-state index contributed by atoms with van der Waals surface area (Å²) in [7, 11) is 0. The fourth-order valence-electron chi connectivity index (χ4n) is 1.48. The number of rotatable bonds is 3. The molecule has 0 aromatic heterocycles. The molecule has 1 aromatic rings. The van der Waals surface area contributed by atoms with Crippen LogP contribution in [-0.4, -0.2) is 0 Å².